The van der Waals surface area contributed by atoms with Gasteiger partial charge in [-0.1, -0.05) is 51.7 Å². The van der Waals surface area contributed by atoms with Crippen LogP contribution in [0.5, 0.6) is 11.5 Å². The standard InChI is InChI=1S/C47H59N7O6S/c1-31-5-7-32(8-6-31)25-49-40-12-10-37(23-41(40)54(56)57)61(58,59)51-44(55)38-11-9-35(22-42(38)60-36-21-33-14-16-48-43(33)50-26-36)53-19-17-52(18-20-53)27-34-13-15-45(2,3)24-39(34)47-28-46(4,29-47)30-47/h9-12,14,16,21-23,26,31-32,49H,5-8,13,15,17-20,24-25,27-30H2,1-4H3,(H,48,50)(H,51,55)/t31-,32+,46?,47?. The molecule has 4 saturated carbocycles. The topological polar surface area (TPSA) is 163 Å². The molecule has 13 nitrogen and oxygen atoms in total. The molecule has 2 aromatic carbocycles. The first kappa shape index (κ1) is 41.4. The van der Waals surface area contributed by atoms with Gasteiger partial charge in [-0.3, -0.25) is 19.8 Å². The number of ether oxygens (including phenoxy) is 1. The summed E-state index contributed by atoms with van der Waals surface area (Å²) in [6.45, 7) is 14.5. The SMILES string of the molecule is CC1(C)CCC(CN2CCN(c3ccc(C(=O)NS(=O)(=O)c4ccc(NC[C@H]5CC[C@@H](C)CC5)c([N+](=O)[O-])c4)c(Oc4cnc5[nH]ccc5c4)c3)CC2)=C(C23CC(C)(C2)C3)C1. The molecule has 4 aromatic rings. The predicted octanol–water partition coefficient (Wildman–Crippen LogP) is 9.44. The smallest absolute Gasteiger partial charge is 0.293 e. The second kappa shape index (κ2) is 15.7. The first-order valence-corrected chi connectivity index (χ1v) is 23.6. The number of amides is 1. The molecule has 6 aliphatic rings. The number of pyridine rings is 1. The van der Waals surface area contributed by atoms with Crippen LogP contribution in [0, 0.1) is 38.2 Å². The van der Waals surface area contributed by atoms with Gasteiger partial charge in [0.25, 0.3) is 21.6 Å². The van der Waals surface area contributed by atoms with Crippen LogP contribution in [0.15, 0.2) is 77.0 Å². The van der Waals surface area contributed by atoms with Gasteiger partial charge in [0.2, 0.25) is 0 Å². The van der Waals surface area contributed by atoms with Crippen LogP contribution in [0.25, 0.3) is 11.0 Å². The zero-order valence-electron chi connectivity index (χ0n) is 35.9. The highest BCUT2D eigenvalue weighted by Gasteiger charge is 2.66. The Morgan fingerprint density at radius 3 is 2.48 bits per heavy atom. The van der Waals surface area contributed by atoms with Crippen molar-refractivity contribution in [3.63, 3.8) is 0 Å². The Morgan fingerprint density at radius 2 is 1.75 bits per heavy atom. The van der Waals surface area contributed by atoms with Gasteiger partial charge in [0.15, 0.2) is 0 Å². The van der Waals surface area contributed by atoms with Crippen molar-refractivity contribution in [1.29, 1.82) is 0 Å². The van der Waals surface area contributed by atoms with Crippen molar-refractivity contribution < 1.29 is 22.9 Å². The second-order valence-corrected chi connectivity index (χ2v) is 21.7. The number of sulfonamides is 1. The van der Waals surface area contributed by atoms with Gasteiger partial charge in [0, 0.05) is 68.7 Å². The maximum absolute atomic E-state index is 13.9. The van der Waals surface area contributed by atoms with Crippen molar-refractivity contribution in [3.8, 4) is 11.5 Å². The summed E-state index contributed by atoms with van der Waals surface area (Å²) in [5.74, 6) is 0.696. The number of aromatic amines is 1. The molecule has 2 aromatic heterocycles. The van der Waals surface area contributed by atoms with Crippen molar-refractivity contribution in [2.45, 2.75) is 96.8 Å². The number of nitro benzene ring substituents is 1. The van der Waals surface area contributed by atoms with E-state index in [0.29, 0.717) is 46.0 Å². The van der Waals surface area contributed by atoms with Crippen LogP contribution in [0.2, 0.25) is 0 Å². The Morgan fingerprint density at radius 1 is 1.00 bits per heavy atom. The van der Waals surface area contributed by atoms with Gasteiger partial charge < -0.3 is 19.9 Å². The molecule has 324 valence electrons. The summed E-state index contributed by atoms with van der Waals surface area (Å²) in [5.41, 5.74) is 6.25. The van der Waals surface area contributed by atoms with E-state index in [1.165, 1.54) is 50.7 Å². The summed E-state index contributed by atoms with van der Waals surface area (Å²) in [7, 11) is -4.52. The van der Waals surface area contributed by atoms with Gasteiger partial charge >= 0.3 is 0 Å². The van der Waals surface area contributed by atoms with Crippen LogP contribution >= 0.6 is 0 Å². The molecule has 5 aliphatic carbocycles. The van der Waals surface area contributed by atoms with Crippen LogP contribution in [-0.2, 0) is 10.0 Å². The van der Waals surface area contributed by atoms with Crippen LogP contribution < -0.4 is 19.7 Å². The predicted molar refractivity (Wildman–Crippen MR) is 238 cm³/mol. The Labute approximate surface area is 358 Å². The Hall–Kier alpha value is -4.95. The number of nitrogens with one attached hydrogen (secondary N) is 3. The maximum atomic E-state index is 13.9. The number of hydrogen-bond acceptors (Lipinski definition) is 10. The number of benzene rings is 2. The van der Waals surface area contributed by atoms with E-state index in [0.717, 1.165) is 75.5 Å². The van der Waals surface area contributed by atoms with Crippen molar-refractivity contribution in [3.05, 3.63) is 87.7 Å². The number of rotatable bonds is 13. The monoisotopic (exact) mass is 849 g/mol. The molecule has 3 heterocycles. The van der Waals surface area contributed by atoms with Gasteiger partial charge in [-0.15, -0.1) is 0 Å². The number of carbonyl (C=O) groups excluding carboxylic acids is 1. The maximum Gasteiger partial charge on any atom is 0.293 e. The van der Waals surface area contributed by atoms with E-state index >= 15 is 0 Å². The lowest BCUT2D eigenvalue weighted by Gasteiger charge is -2.72. The Balaban J connectivity index is 0.917. The number of allylic oxidation sites excluding steroid dienone is 1. The van der Waals surface area contributed by atoms with Gasteiger partial charge in [-0.25, -0.2) is 18.1 Å². The summed E-state index contributed by atoms with van der Waals surface area (Å²) >= 11 is 0. The number of hydrogen-bond donors (Lipinski definition) is 3. The first-order valence-electron chi connectivity index (χ1n) is 22.1. The normalized spacial score (nSPS) is 26.3. The molecule has 10 rings (SSSR count). The molecule has 1 aliphatic heterocycles. The molecule has 5 fully saturated rings. The summed E-state index contributed by atoms with van der Waals surface area (Å²) < 4.78 is 35.9. The molecule has 0 spiro atoms. The number of aromatic nitrogens is 2. The number of anilines is 2. The van der Waals surface area contributed by atoms with E-state index < -0.39 is 20.9 Å². The van der Waals surface area contributed by atoms with Gasteiger partial charge in [0.05, 0.1) is 21.6 Å². The molecule has 0 atom stereocenters. The summed E-state index contributed by atoms with van der Waals surface area (Å²) in [6, 6.07) is 12.5. The molecule has 0 unspecified atom stereocenters. The number of carbonyl (C=O) groups is 1. The quantitative estimate of drug-likeness (QED) is 0.0671. The van der Waals surface area contributed by atoms with Crippen molar-refractivity contribution in [1.82, 2.24) is 19.6 Å². The minimum absolute atomic E-state index is 0.00290. The zero-order chi connectivity index (χ0) is 42.7. The van der Waals surface area contributed by atoms with E-state index in [1.807, 2.05) is 12.1 Å². The fourth-order valence-corrected chi connectivity index (χ4v) is 12.2. The molecular weight excluding hydrogens is 791 g/mol. The van der Waals surface area contributed by atoms with E-state index in [2.05, 4.69) is 57.5 Å². The second-order valence-electron chi connectivity index (χ2n) is 20.1. The molecular formula is C47H59N7O6S. The van der Waals surface area contributed by atoms with E-state index in [4.69, 9.17) is 4.74 Å². The average Bonchev–Trinajstić information content (AvgIpc) is 3.68. The molecule has 1 saturated heterocycles. The van der Waals surface area contributed by atoms with Crippen molar-refractivity contribution in [2.75, 3.05) is 49.5 Å². The molecule has 14 heteroatoms. The summed E-state index contributed by atoms with van der Waals surface area (Å²) in [5, 5.41) is 16.1. The van der Waals surface area contributed by atoms with Gasteiger partial charge in [-0.05, 0) is 116 Å². The summed E-state index contributed by atoms with van der Waals surface area (Å²) in [6.07, 6.45) is 15.4. The Kier molecular flexibility index (Phi) is 10.7. The zero-order valence-corrected chi connectivity index (χ0v) is 36.7. The van der Waals surface area contributed by atoms with Crippen LogP contribution in [0.4, 0.5) is 17.1 Å². The van der Waals surface area contributed by atoms with Crippen molar-refractivity contribution >= 4 is 44.0 Å². The number of nitrogens with zero attached hydrogens (tertiary/aromatic N) is 4. The third-order valence-electron chi connectivity index (χ3n) is 14.5. The van der Waals surface area contributed by atoms with E-state index in [-0.39, 0.29) is 27.6 Å². The summed E-state index contributed by atoms with van der Waals surface area (Å²) in [4.78, 5) is 37.5. The number of fused-ring (bicyclic) bond motifs is 1. The van der Waals surface area contributed by atoms with Crippen LogP contribution in [-0.4, -0.2) is 73.4 Å². The lowest BCUT2D eigenvalue weighted by Crippen LogP contribution is -2.61. The Bertz CT molecular complexity index is 2480. The van der Waals surface area contributed by atoms with E-state index in [1.54, 1.807) is 41.7 Å². The van der Waals surface area contributed by atoms with Crippen LogP contribution in [0.1, 0.15) is 102 Å². The lowest BCUT2D eigenvalue weighted by molar-refractivity contribution is -0.384. The van der Waals surface area contributed by atoms with Crippen molar-refractivity contribution in [2.24, 2.45) is 28.1 Å². The minimum atomic E-state index is -4.52. The van der Waals surface area contributed by atoms with Crippen LogP contribution in [0.3, 0.4) is 0 Å². The van der Waals surface area contributed by atoms with Gasteiger partial charge in [-0.2, -0.15) is 0 Å². The fraction of sp³-hybridized carbons (Fsp3) is 0.532. The number of piperazine rings is 1. The third kappa shape index (κ3) is 8.49. The highest BCUT2D eigenvalue weighted by molar-refractivity contribution is 7.90. The lowest BCUT2D eigenvalue weighted by atomic mass is 9.33. The third-order valence-corrected chi connectivity index (χ3v) is 15.8. The molecule has 61 heavy (non-hydrogen) atoms. The minimum Gasteiger partial charge on any atom is -0.455 e. The number of H-pyrrole nitrogens is 1. The van der Waals surface area contributed by atoms with E-state index in [9.17, 15) is 23.3 Å². The molecule has 3 N–H and O–H groups in total. The average molecular weight is 850 g/mol. The fourth-order valence-electron chi connectivity index (χ4n) is 11.2. The largest absolute Gasteiger partial charge is 0.455 e. The molecule has 2 bridgehead atoms. The highest BCUT2D eigenvalue weighted by Crippen LogP contribution is 2.77. The first-order chi connectivity index (χ1) is 29.1. The van der Waals surface area contributed by atoms with Gasteiger partial charge in [0.1, 0.15) is 22.8 Å². The molecule has 0 radical (unpaired) electrons. The number of nitro groups is 1. The molecule has 1 amide bonds. The highest BCUT2D eigenvalue weighted by atomic mass is 32.2.